The van der Waals surface area contributed by atoms with Crippen LogP contribution in [-0.2, 0) is 0 Å². The molecular weight excluding hydrogens is 332 g/mol. The van der Waals surface area contributed by atoms with Gasteiger partial charge < -0.3 is 9.72 Å². The van der Waals surface area contributed by atoms with Gasteiger partial charge in [-0.25, -0.2) is 9.78 Å². The van der Waals surface area contributed by atoms with Crippen molar-refractivity contribution in [3.63, 3.8) is 0 Å². The summed E-state index contributed by atoms with van der Waals surface area (Å²) < 4.78 is 2.00. The maximum Gasteiger partial charge on any atom is 0.324 e. The summed E-state index contributed by atoms with van der Waals surface area (Å²) in [7, 11) is 0. The lowest BCUT2D eigenvalue weighted by Gasteiger charge is -2.06. The zero-order valence-corrected chi connectivity index (χ0v) is 14.4. The topological polar surface area (TPSA) is 58.4 Å². The predicted molar refractivity (Wildman–Crippen MR) is 102 cm³/mol. The maximum atomic E-state index is 12.0. The second-order valence-electron chi connectivity index (χ2n) is 5.73. The van der Waals surface area contributed by atoms with E-state index in [2.05, 4.69) is 28.6 Å². The van der Waals surface area contributed by atoms with E-state index < -0.39 is 0 Å². The van der Waals surface area contributed by atoms with Crippen molar-refractivity contribution in [2.75, 3.05) is 10.6 Å². The molecule has 25 heavy (non-hydrogen) atoms. The molecule has 0 aliphatic rings. The van der Waals surface area contributed by atoms with Gasteiger partial charge in [0.2, 0.25) is 0 Å². The van der Waals surface area contributed by atoms with Crippen molar-refractivity contribution in [2.24, 2.45) is 0 Å². The van der Waals surface area contributed by atoms with E-state index in [9.17, 15) is 4.79 Å². The van der Waals surface area contributed by atoms with E-state index in [0.717, 1.165) is 27.6 Å². The number of hydrogen-bond donors (Lipinski definition) is 2. The minimum atomic E-state index is -0.251. The zero-order chi connectivity index (χ0) is 17.2. The van der Waals surface area contributed by atoms with Crippen LogP contribution in [0.3, 0.4) is 0 Å². The van der Waals surface area contributed by atoms with Crippen LogP contribution >= 0.6 is 11.3 Å². The quantitative estimate of drug-likeness (QED) is 0.546. The maximum absolute atomic E-state index is 12.0. The summed E-state index contributed by atoms with van der Waals surface area (Å²) >= 11 is 1.48. The van der Waals surface area contributed by atoms with Gasteiger partial charge in [-0.3, -0.25) is 5.32 Å². The Morgan fingerprint density at radius 3 is 2.72 bits per heavy atom. The third-order valence-corrected chi connectivity index (χ3v) is 4.60. The molecule has 3 heterocycles. The summed E-state index contributed by atoms with van der Waals surface area (Å²) in [6.45, 7) is 2.05. The van der Waals surface area contributed by atoms with Crippen LogP contribution in [0.1, 0.15) is 5.56 Å². The van der Waals surface area contributed by atoms with Gasteiger partial charge in [0.25, 0.3) is 0 Å². The number of aromatic nitrogens is 2. The van der Waals surface area contributed by atoms with Gasteiger partial charge in [0, 0.05) is 23.6 Å². The SMILES string of the molecule is Cc1ccn2cc(-c3ccc(NC(=O)Nc4cccs4)cc3)nc2c1. The number of aryl methyl sites for hydroxylation is 1. The number of hydrogen-bond acceptors (Lipinski definition) is 3. The number of nitrogens with zero attached hydrogens (tertiary/aromatic N) is 2. The molecule has 0 fully saturated rings. The third-order valence-electron chi connectivity index (χ3n) is 3.81. The molecule has 0 bridgehead atoms. The normalized spacial score (nSPS) is 10.8. The van der Waals surface area contributed by atoms with E-state index in [0.29, 0.717) is 0 Å². The van der Waals surface area contributed by atoms with E-state index in [4.69, 9.17) is 0 Å². The minimum absolute atomic E-state index is 0.251. The van der Waals surface area contributed by atoms with Gasteiger partial charge >= 0.3 is 6.03 Å². The molecular formula is C19H16N4OS. The average molecular weight is 348 g/mol. The summed E-state index contributed by atoms with van der Waals surface area (Å²) in [5.41, 5.74) is 4.75. The van der Waals surface area contributed by atoms with Crippen LogP contribution in [0.5, 0.6) is 0 Å². The van der Waals surface area contributed by atoms with Gasteiger partial charge in [-0.1, -0.05) is 12.1 Å². The Balaban J connectivity index is 1.50. The number of pyridine rings is 1. The van der Waals surface area contributed by atoms with Crippen molar-refractivity contribution < 1.29 is 4.79 Å². The molecule has 2 amide bonds. The molecule has 2 N–H and O–H groups in total. The fourth-order valence-electron chi connectivity index (χ4n) is 2.57. The second-order valence-corrected chi connectivity index (χ2v) is 6.68. The highest BCUT2D eigenvalue weighted by Gasteiger charge is 2.06. The number of nitrogens with one attached hydrogen (secondary N) is 2. The molecule has 4 aromatic rings. The number of fused-ring (bicyclic) bond motifs is 1. The molecule has 124 valence electrons. The molecule has 3 aromatic heterocycles. The van der Waals surface area contributed by atoms with Gasteiger partial charge in [0.15, 0.2) is 0 Å². The number of urea groups is 1. The van der Waals surface area contributed by atoms with Gasteiger partial charge in [-0.05, 0) is 54.3 Å². The Morgan fingerprint density at radius 1 is 1.12 bits per heavy atom. The fraction of sp³-hybridized carbons (Fsp3) is 0.0526. The Bertz CT molecular complexity index is 1020. The smallest absolute Gasteiger partial charge is 0.308 e. The first kappa shape index (κ1) is 15.4. The standard InChI is InChI=1S/C19H16N4OS/c1-13-8-9-23-12-16(21-17(23)11-13)14-4-6-15(7-5-14)20-19(24)22-18-3-2-10-25-18/h2-12H,1H3,(H2,20,22,24). The summed E-state index contributed by atoms with van der Waals surface area (Å²) in [5, 5.41) is 8.35. The Kier molecular flexibility index (Phi) is 3.95. The number of carbonyl (C=O) groups excluding carboxylic acids is 1. The molecule has 0 saturated heterocycles. The summed E-state index contributed by atoms with van der Waals surface area (Å²) in [5.74, 6) is 0. The molecule has 0 spiro atoms. The molecule has 1 aromatic carbocycles. The molecule has 0 unspecified atom stereocenters. The Hall–Kier alpha value is -3.12. The molecule has 0 atom stereocenters. The summed E-state index contributed by atoms with van der Waals surface area (Å²) in [6.07, 6.45) is 4.01. The first-order chi connectivity index (χ1) is 12.2. The Morgan fingerprint density at radius 2 is 1.96 bits per heavy atom. The van der Waals surface area contributed by atoms with Crippen molar-refractivity contribution in [3.05, 3.63) is 71.9 Å². The molecule has 0 aliphatic carbocycles. The predicted octanol–water partition coefficient (Wildman–Crippen LogP) is 5.02. The molecule has 4 rings (SSSR count). The largest absolute Gasteiger partial charge is 0.324 e. The second kappa shape index (κ2) is 6.41. The van der Waals surface area contributed by atoms with Gasteiger partial charge in [-0.2, -0.15) is 0 Å². The first-order valence-electron chi connectivity index (χ1n) is 7.85. The number of imidazole rings is 1. The van der Waals surface area contributed by atoms with Crippen LogP contribution in [0.25, 0.3) is 16.9 Å². The van der Waals surface area contributed by atoms with Crippen molar-refractivity contribution in [1.29, 1.82) is 0 Å². The number of benzene rings is 1. The van der Waals surface area contributed by atoms with Crippen molar-refractivity contribution >= 4 is 33.7 Å². The minimum Gasteiger partial charge on any atom is -0.308 e. The number of thiophene rings is 1. The number of carbonyl (C=O) groups is 1. The van der Waals surface area contributed by atoms with Gasteiger partial charge in [0.1, 0.15) is 5.65 Å². The summed E-state index contributed by atoms with van der Waals surface area (Å²) in [4.78, 5) is 16.6. The molecule has 6 heteroatoms. The fourth-order valence-corrected chi connectivity index (χ4v) is 3.18. The van der Waals surface area contributed by atoms with Crippen LogP contribution in [-0.4, -0.2) is 15.4 Å². The average Bonchev–Trinajstić information content (AvgIpc) is 3.24. The van der Waals surface area contributed by atoms with Gasteiger partial charge in [0.05, 0.1) is 10.7 Å². The van der Waals surface area contributed by atoms with Crippen LogP contribution < -0.4 is 10.6 Å². The van der Waals surface area contributed by atoms with Crippen LogP contribution in [0, 0.1) is 6.92 Å². The summed E-state index contributed by atoms with van der Waals surface area (Å²) in [6, 6.07) is 15.3. The van der Waals surface area contributed by atoms with E-state index in [1.807, 2.05) is 64.6 Å². The van der Waals surface area contributed by atoms with E-state index in [1.54, 1.807) is 0 Å². The van der Waals surface area contributed by atoms with Crippen LogP contribution in [0.4, 0.5) is 15.5 Å². The van der Waals surface area contributed by atoms with Crippen molar-refractivity contribution in [3.8, 4) is 11.3 Å². The molecule has 0 saturated carbocycles. The van der Waals surface area contributed by atoms with E-state index in [-0.39, 0.29) is 6.03 Å². The Labute approximate surface area is 149 Å². The lowest BCUT2D eigenvalue weighted by Crippen LogP contribution is -2.18. The highest BCUT2D eigenvalue weighted by Crippen LogP contribution is 2.22. The molecule has 0 radical (unpaired) electrons. The van der Waals surface area contributed by atoms with Crippen molar-refractivity contribution in [1.82, 2.24) is 9.38 Å². The van der Waals surface area contributed by atoms with Crippen molar-refractivity contribution in [2.45, 2.75) is 6.92 Å². The highest BCUT2D eigenvalue weighted by molar-refractivity contribution is 7.14. The number of amides is 2. The highest BCUT2D eigenvalue weighted by atomic mass is 32.1. The zero-order valence-electron chi connectivity index (χ0n) is 13.6. The van der Waals surface area contributed by atoms with Crippen LogP contribution in [0.15, 0.2) is 66.3 Å². The van der Waals surface area contributed by atoms with Crippen LogP contribution in [0.2, 0.25) is 0 Å². The van der Waals surface area contributed by atoms with E-state index in [1.165, 1.54) is 16.9 Å². The van der Waals surface area contributed by atoms with Gasteiger partial charge in [-0.15, -0.1) is 11.3 Å². The molecule has 5 nitrogen and oxygen atoms in total. The monoisotopic (exact) mass is 348 g/mol. The first-order valence-corrected chi connectivity index (χ1v) is 8.73. The number of anilines is 2. The third kappa shape index (κ3) is 3.39. The molecule has 0 aliphatic heterocycles. The van der Waals surface area contributed by atoms with E-state index >= 15 is 0 Å². The lowest BCUT2D eigenvalue weighted by molar-refractivity contribution is 0.262. The lowest BCUT2D eigenvalue weighted by atomic mass is 10.1. The number of rotatable bonds is 3.